The average Bonchev–Trinajstić information content (AvgIpc) is 2.85. The number of piperidine rings is 1. The number of hydrogen-bond donors (Lipinski definition) is 1. The molecular formula is C23H33F2N3O4S. The summed E-state index contributed by atoms with van der Waals surface area (Å²) in [6, 6.07) is 2.60. The lowest BCUT2D eigenvalue weighted by Crippen LogP contribution is -2.60. The summed E-state index contributed by atoms with van der Waals surface area (Å²) in [6.45, 7) is 4.18. The fourth-order valence-corrected chi connectivity index (χ4v) is 6.88. The molecule has 0 radical (unpaired) electrons. The predicted molar refractivity (Wildman–Crippen MR) is 119 cm³/mol. The van der Waals surface area contributed by atoms with Gasteiger partial charge in [0, 0.05) is 44.2 Å². The fraction of sp³-hybridized carbons (Fsp3) is 0.696. The largest absolute Gasteiger partial charge is 0.379 e. The van der Waals surface area contributed by atoms with E-state index in [1.807, 2.05) is 0 Å². The predicted octanol–water partition coefficient (Wildman–Crippen LogP) is 2.52. The van der Waals surface area contributed by atoms with Gasteiger partial charge in [0.05, 0.1) is 18.1 Å². The maximum atomic E-state index is 13.5. The molecular weight excluding hydrogens is 452 g/mol. The molecule has 0 spiro atoms. The Morgan fingerprint density at radius 3 is 2.33 bits per heavy atom. The highest BCUT2D eigenvalue weighted by Gasteiger charge is 2.40. The van der Waals surface area contributed by atoms with Crippen LogP contribution >= 0.6 is 0 Å². The van der Waals surface area contributed by atoms with Gasteiger partial charge in [-0.05, 0) is 43.9 Å². The summed E-state index contributed by atoms with van der Waals surface area (Å²) in [5, 5.41) is 3.18. The average molecular weight is 486 g/mol. The van der Waals surface area contributed by atoms with Crippen molar-refractivity contribution < 1.29 is 26.7 Å². The van der Waals surface area contributed by atoms with Crippen LogP contribution in [-0.4, -0.2) is 75.0 Å². The highest BCUT2D eigenvalue weighted by atomic mass is 32.2. The van der Waals surface area contributed by atoms with Gasteiger partial charge in [0.1, 0.15) is 0 Å². The zero-order valence-corrected chi connectivity index (χ0v) is 19.7. The molecule has 2 saturated heterocycles. The van der Waals surface area contributed by atoms with Gasteiger partial charge in [-0.1, -0.05) is 19.3 Å². The molecule has 0 bridgehead atoms. The number of nitrogens with zero attached hydrogens (tertiary/aromatic N) is 2. The summed E-state index contributed by atoms with van der Waals surface area (Å²) in [5.74, 6) is -2.57. The normalized spacial score (nSPS) is 23.3. The number of carbonyl (C=O) groups is 1. The van der Waals surface area contributed by atoms with Crippen LogP contribution in [0.2, 0.25) is 0 Å². The number of sulfonamides is 1. The highest BCUT2D eigenvalue weighted by Crippen LogP contribution is 2.34. The Kier molecular flexibility index (Phi) is 7.67. The SMILES string of the molecule is O=C(NCC1(N2CCOCC2)CCCCC1)C1CCN(S(=O)(=O)c2ccc(F)c(F)c2)CC1. The Labute approximate surface area is 194 Å². The van der Waals surface area contributed by atoms with Crippen molar-refractivity contribution in [2.24, 2.45) is 5.92 Å². The maximum Gasteiger partial charge on any atom is 0.243 e. The van der Waals surface area contributed by atoms with Gasteiger partial charge in [-0.25, -0.2) is 17.2 Å². The van der Waals surface area contributed by atoms with Crippen LogP contribution in [0.4, 0.5) is 8.78 Å². The van der Waals surface area contributed by atoms with Gasteiger partial charge in [0.15, 0.2) is 11.6 Å². The first kappa shape index (κ1) is 24.5. The first-order chi connectivity index (χ1) is 15.8. The zero-order valence-electron chi connectivity index (χ0n) is 18.9. The lowest BCUT2D eigenvalue weighted by atomic mass is 9.79. The van der Waals surface area contributed by atoms with Gasteiger partial charge < -0.3 is 10.1 Å². The molecule has 1 aromatic carbocycles. The van der Waals surface area contributed by atoms with E-state index in [2.05, 4.69) is 10.2 Å². The Morgan fingerprint density at radius 1 is 1.03 bits per heavy atom. The number of rotatable bonds is 6. The molecule has 1 aliphatic carbocycles. The number of amides is 1. The topological polar surface area (TPSA) is 79.0 Å². The Hall–Kier alpha value is -1.62. The fourth-order valence-electron chi connectivity index (χ4n) is 5.39. The molecule has 33 heavy (non-hydrogen) atoms. The van der Waals surface area contributed by atoms with Crippen molar-refractivity contribution in [2.45, 2.75) is 55.4 Å². The molecule has 2 aliphatic heterocycles. The summed E-state index contributed by atoms with van der Waals surface area (Å²) in [5.41, 5.74) is -0.0195. The number of ether oxygens (including phenoxy) is 1. The first-order valence-electron chi connectivity index (χ1n) is 11.9. The number of hydrogen-bond acceptors (Lipinski definition) is 5. The molecule has 1 aromatic rings. The number of nitrogens with one attached hydrogen (secondary N) is 1. The minimum absolute atomic E-state index is 0.0195. The summed E-state index contributed by atoms with van der Waals surface area (Å²) >= 11 is 0. The van der Waals surface area contributed by atoms with E-state index in [9.17, 15) is 22.0 Å². The number of carbonyl (C=O) groups excluding carboxylic acids is 1. The van der Waals surface area contributed by atoms with E-state index in [1.165, 1.54) is 10.7 Å². The molecule has 0 atom stereocenters. The van der Waals surface area contributed by atoms with Crippen LogP contribution in [0.25, 0.3) is 0 Å². The summed E-state index contributed by atoms with van der Waals surface area (Å²) < 4.78 is 59.1. The minimum atomic E-state index is -3.93. The Bertz CT molecular complexity index is 939. The third-order valence-corrected chi connectivity index (χ3v) is 9.31. The van der Waals surface area contributed by atoms with Gasteiger partial charge in [0.2, 0.25) is 15.9 Å². The smallest absolute Gasteiger partial charge is 0.243 e. The molecule has 10 heteroatoms. The number of halogens is 2. The van der Waals surface area contributed by atoms with Crippen LogP contribution < -0.4 is 5.32 Å². The molecule has 1 N–H and O–H groups in total. The molecule has 0 unspecified atom stereocenters. The van der Waals surface area contributed by atoms with Crippen molar-refractivity contribution in [3.05, 3.63) is 29.8 Å². The van der Waals surface area contributed by atoms with Gasteiger partial charge >= 0.3 is 0 Å². The summed E-state index contributed by atoms with van der Waals surface area (Å²) in [6.07, 6.45) is 6.49. The maximum absolute atomic E-state index is 13.5. The van der Waals surface area contributed by atoms with Crippen molar-refractivity contribution in [2.75, 3.05) is 45.9 Å². The van der Waals surface area contributed by atoms with Crippen molar-refractivity contribution in [3.8, 4) is 0 Å². The lowest BCUT2D eigenvalue weighted by molar-refractivity contribution is -0.127. The first-order valence-corrected chi connectivity index (χ1v) is 13.3. The van der Waals surface area contributed by atoms with Crippen LogP contribution in [0.3, 0.4) is 0 Å². The minimum Gasteiger partial charge on any atom is -0.379 e. The summed E-state index contributed by atoms with van der Waals surface area (Å²) in [7, 11) is -3.93. The van der Waals surface area contributed by atoms with Crippen molar-refractivity contribution >= 4 is 15.9 Å². The second-order valence-corrected chi connectivity index (χ2v) is 11.3. The van der Waals surface area contributed by atoms with E-state index in [0.717, 1.165) is 64.1 Å². The monoisotopic (exact) mass is 485 g/mol. The molecule has 3 aliphatic rings. The quantitative estimate of drug-likeness (QED) is 0.670. The lowest BCUT2D eigenvalue weighted by Gasteiger charge is -2.48. The van der Waals surface area contributed by atoms with E-state index in [0.29, 0.717) is 25.5 Å². The molecule has 3 fully saturated rings. The molecule has 1 amide bonds. The van der Waals surface area contributed by atoms with Crippen LogP contribution in [0.15, 0.2) is 23.1 Å². The van der Waals surface area contributed by atoms with Crippen LogP contribution in [0.1, 0.15) is 44.9 Å². The summed E-state index contributed by atoms with van der Waals surface area (Å²) in [4.78, 5) is 15.2. The number of morpholine rings is 1. The van der Waals surface area contributed by atoms with Gasteiger partial charge in [0.25, 0.3) is 0 Å². The van der Waals surface area contributed by atoms with Crippen LogP contribution in [-0.2, 0) is 19.6 Å². The second-order valence-electron chi connectivity index (χ2n) is 9.36. The molecule has 1 saturated carbocycles. The zero-order chi connectivity index (χ0) is 23.5. The molecule has 0 aromatic heterocycles. The van der Waals surface area contributed by atoms with Crippen molar-refractivity contribution in [3.63, 3.8) is 0 Å². The Morgan fingerprint density at radius 2 is 1.70 bits per heavy atom. The van der Waals surface area contributed by atoms with Crippen molar-refractivity contribution in [1.29, 1.82) is 0 Å². The molecule has 2 heterocycles. The molecule has 4 rings (SSSR count). The van der Waals surface area contributed by atoms with E-state index >= 15 is 0 Å². The van der Waals surface area contributed by atoms with E-state index < -0.39 is 21.7 Å². The highest BCUT2D eigenvalue weighted by molar-refractivity contribution is 7.89. The number of benzene rings is 1. The van der Waals surface area contributed by atoms with E-state index in [4.69, 9.17) is 4.74 Å². The van der Waals surface area contributed by atoms with Gasteiger partial charge in [-0.2, -0.15) is 4.31 Å². The van der Waals surface area contributed by atoms with E-state index in [1.54, 1.807) is 0 Å². The standard InChI is InChI=1S/C23H33F2N3O4S/c24-20-5-4-19(16-21(20)25)33(30,31)28-10-6-18(7-11-28)22(29)26-17-23(8-2-1-3-9-23)27-12-14-32-15-13-27/h4-5,16,18H,1-3,6-15,17H2,(H,26,29). The third-order valence-electron chi connectivity index (χ3n) is 7.41. The van der Waals surface area contributed by atoms with Crippen molar-refractivity contribution in [1.82, 2.24) is 14.5 Å². The molecule has 7 nitrogen and oxygen atoms in total. The van der Waals surface area contributed by atoms with Gasteiger partial charge in [-0.3, -0.25) is 9.69 Å². The Balaban J connectivity index is 1.33. The van der Waals surface area contributed by atoms with Crippen LogP contribution in [0.5, 0.6) is 0 Å². The van der Waals surface area contributed by atoms with Gasteiger partial charge in [-0.15, -0.1) is 0 Å². The third kappa shape index (κ3) is 5.39. The second kappa shape index (κ2) is 10.3. The van der Waals surface area contributed by atoms with Crippen LogP contribution in [0, 0.1) is 17.6 Å². The van der Waals surface area contributed by atoms with E-state index in [-0.39, 0.29) is 35.3 Å². The molecule has 184 valence electrons.